The number of hydrogen-bond donors (Lipinski definition) is 1. The predicted octanol–water partition coefficient (Wildman–Crippen LogP) is 1.31. The van der Waals surface area contributed by atoms with Gasteiger partial charge in [0.1, 0.15) is 5.82 Å². The molecule has 1 fully saturated rings. The van der Waals surface area contributed by atoms with Gasteiger partial charge in [-0.25, -0.2) is 0 Å². The molecule has 108 valence electrons. The summed E-state index contributed by atoms with van der Waals surface area (Å²) in [6, 6.07) is 2.04. The molecule has 1 atom stereocenters. The minimum atomic E-state index is 0.493. The van der Waals surface area contributed by atoms with Crippen molar-refractivity contribution in [1.29, 1.82) is 0 Å². The molecule has 2 aromatic heterocycles. The largest absolute Gasteiger partial charge is 0.316 e. The van der Waals surface area contributed by atoms with Gasteiger partial charge in [-0.15, -0.1) is 10.2 Å². The van der Waals surface area contributed by atoms with Crippen LogP contribution in [0.1, 0.15) is 30.3 Å². The van der Waals surface area contributed by atoms with Crippen LogP contribution < -0.4 is 5.32 Å². The third-order valence-corrected chi connectivity index (χ3v) is 4.86. The Labute approximate surface area is 123 Å². The number of piperidine rings is 1. The lowest BCUT2D eigenvalue weighted by Gasteiger charge is -2.21. The van der Waals surface area contributed by atoms with Gasteiger partial charge in [0, 0.05) is 44.2 Å². The number of aryl methyl sites for hydroxylation is 1. The van der Waals surface area contributed by atoms with Gasteiger partial charge in [-0.05, 0) is 25.5 Å². The summed E-state index contributed by atoms with van der Waals surface area (Å²) >= 11 is 1.71. The van der Waals surface area contributed by atoms with Crippen LogP contribution in [0.2, 0.25) is 0 Å². The lowest BCUT2D eigenvalue weighted by Crippen LogP contribution is -2.29. The monoisotopic (exact) mass is 292 g/mol. The molecule has 0 saturated carbocycles. The molecule has 3 heterocycles. The normalized spacial score (nSPS) is 19.4. The third kappa shape index (κ3) is 2.73. The van der Waals surface area contributed by atoms with Gasteiger partial charge in [0.15, 0.2) is 5.16 Å². The molecule has 0 radical (unpaired) electrons. The second kappa shape index (κ2) is 5.97. The van der Waals surface area contributed by atoms with E-state index in [0.717, 1.165) is 29.8 Å². The van der Waals surface area contributed by atoms with Crippen LogP contribution in [0.15, 0.2) is 17.4 Å². The summed E-state index contributed by atoms with van der Waals surface area (Å²) in [6.07, 6.45) is 4.24. The van der Waals surface area contributed by atoms with Gasteiger partial charge in [0.05, 0.1) is 0 Å². The van der Waals surface area contributed by atoms with Crippen molar-refractivity contribution >= 4 is 11.8 Å². The maximum Gasteiger partial charge on any atom is 0.191 e. The molecule has 0 bridgehead atoms. The van der Waals surface area contributed by atoms with E-state index in [1.807, 2.05) is 24.0 Å². The highest BCUT2D eigenvalue weighted by Gasteiger charge is 2.21. The smallest absolute Gasteiger partial charge is 0.191 e. The molecule has 20 heavy (non-hydrogen) atoms. The molecule has 1 aliphatic rings. The Kier molecular flexibility index (Phi) is 4.07. The first-order valence-electron chi connectivity index (χ1n) is 6.95. The van der Waals surface area contributed by atoms with Gasteiger partial charge in [0.2, 0.25) is 0 Å². The van der Waals surface area contributed by atoms with Crippen LogP contribution >= 0.6 is 11.8 Å². The van der Waals surface area contributed by atoms with Gasteiger partial charge in [0.25, 0.3) is 0 Å². The van der Waals surface area contributed by atoms with Gasteiger partial charge in [-0.1, -0.05) is 11.8 Å². The lowest BCUT2D eigenvalue weighted by atomic mass is 9.99. The van der Waals surface area contributed by atoms with E-state index in [2.05, 4.69) is 32.2 Å². The van der Waals surface area contributed by atoms with Gasteiger partial charge in [-0.3, -0.25) is 4.68 Å². The Morgan fingerprint density at radius 3 is 3.00 bits per heavy atom. The number of thioether (sulfide) groups is 1. The molecule has 1 aliphatic heterocycles. The second-order valence-electron chi connectivity index (χ2n) is 5.18. The predicted molar refractivity (Wildman–Crippen MR) is 78.6 cm³/mol. The van der Waals surface area contributed by atoms with E-state index in [9.17, 15) is 0 Å². The van der Waals surface area contributed by atoms with Gasteiger partial charge < -0.3 is 9.88 Å². The first-order chi connectivity index (χ1) is 9.75. The number of hydrogen-bond acceptors (Lipinski definition) is 5. The van der Waals surface area contributed by atoms with E-state index < -0.39 is 0 Å². The zero-order valence-corrected chi connectivity index (χ0v) is 12.7. The minimum absolute atomic E-state index is 0.493. The molecule has 0 amide bonds. The molecular formula is C13H20N6S. The fourth-order valence-corrected chi connectivity index (χ4v) is 3.51. The van der Waals surface area contributed by atoms with Crippen LogP contribution in [-0.2, 0) is 19.8 Å². The fourth-order valence-electron chi connectivity index (χ4n) is 2.56. The lowest BCUT2D eigenvalue weighted by molar-refractivity contribution is 0.436. The fraction of sp³-hybridized carbons (Fsp3) is 0.615. The van der Waals surface area contributed by atoms with Crippen LogP contribution in [-0.4, -0.2) is 37.6 Å². The average Bonchev–Trinajstić information content (AvgIpc) is 3.04. The molecular weight excluding hydrogens is 272 g/mol. The Hall–Kier alpha value is -1.34. The molecule has 6 nitrogen and oxygen atoms in total. The highest BCUT2D eigenvalue weighted by Crippen LogP contribution is 2.26. The summed E-state index contributed by atoms with van der Waals surface area (Å²) in [6.45, 7) is 2.13. The number of nitrogens with one attached hydrogen (secondary N) is 1. The molecule has 1 N–H and O–H groups in total. The Morgan fingerprint density at radius 2 is 2.30 bits per heavy atom. The highest BCUT2D eigenvalue weighted by atomic mass is 32.2. The maximum absolute atomic E-state index is 4.39. The summed E-state index contributed by atoms with van der Waals surface area (Å²) in [4.78, 5) is 0. The van der Waals surface area contributed by atoms with Crippen LogP contribution in [0.3, 0.4) is 0 Å². The van der Waals surface area contributed by atoms with Gasteiger partial charge in [-0.2, -0.15) is 5.10 Å². The first kappa shape index (κ1) is 13.6. The Balaban J connectivity index is 1.68. The van der Waals surface area contributed by atoms with Crippen molar-refractivity contribution in [3.05, 3.63) is 23.8 Å². The zero-order chi connectivity index (χ0) is 13.9. The number of aromatic nitrogens is 5. The van der Waals surface area contributed by atoms with Crippen molar-refractivity contribution in [2.75, 3.05) is 13.1 Å². The topological polar surface area (TPSA) is 60.6 Å². The molecule has 1 unspecified atom stereocenters. The third-order valence-electron chi connectivity index (χ3n) is 3.80. The number of rotatable bonds is 4. The van der Waals surface area contributed by atoms with Crippen LogP contribution in [0.5, 0.6) is 0 Å². The molecule has 0 spiro atoms. The minimum Gasteiger partial charge on any atom is -0.316 e. The van der Waals surface area contributed by atoms with E-state index in [1.54, 1.807) is 11.8 Å². The molecule has 2 aromatic rings. The van der Waals surface area contributed by atoms with E-state index in [4.69, 9.17) is 0 Å². The summed E-state index contributed by atoms with van der Waals surface area (Å²) in [5.74, 6) is 2.46. The van der Waals surface area contributed by atoms with Crippen molar-refractivity contribution in [2.24, 2.45) is 14.1 Å². The summed E-state index contributed by atoms with van der Waals surface area (Å²) in [5.41, 5.74) is 1.19. The molecule has 0 aromatic carbocycles. The van der Waals surface area contributed by atoms with Crippen LogP contribution in [0.25, 0.3) is 0 Å². The first-order valence-corrected chi connectivity index (χ1v) is 7.94. The number of nitrogens with zero attached hydrogens (tertiary/aromatic N) is 5. The summed E-state index contributed by atoms with van der Waals surface area (Å²) in [5, 5.41) is 17.3. The van der Waals surface area contributed by atoms with E-state index in [-0.39, 0.29) is 0 Å². The molecule has 0 aliphatic carbocycles. The highest BCUT2D eigenvalue weighted by molar-refractivity contribution is 7.98. The van der Waals surface area contributed by atoms with Crippen molar-refractivity contribution in [1.82, 2.24) is 29.9 Å². The summed E-state index contributed by atoms with van der Waals surface area (Å²) in [7, 11) is 4.03. The van der Waals surface area contributed by atoms with Crippen molar-refractivity contribution in [2.45, 2.75) is 29.7 Å². The molecule has 1 saturated heterocycles. The standard InChI is InChI=1S/C13H20N6S/c1-18-12(10-4-3-6-14-8-10)16-17-13(18)20-9-11-5-7-15-19(11)2/h5,7,10,14H,3-4,6,8-9H2,1-2H3. The van der Waals surface area contributed by atoms with Crippen molar-refractivity contribution in [3.8, 4) is 0 Å². The van der Waals surface area contributed by atoms with Crippen LogP contribution in [0, 0.1) is 0 Å². The Bertz CT molecular complexity index is 569. The van der Waals surface area contributed by atoms with E-state index >= 15 is 0 Å². The maximum atomic E-state index is 4.39. The van der Waals surface area contributed by atoms with Gasteiger partial charge >= 0.3 is 0 Å². The average molecular weight is 292 g/mol. The van der Waals surface area contributed by atoms with E-state index in [0.29, 0.717) is 5.92 Å². The molecule has 7 heteroatoms. The van der Waals surface area contributed by atoms with Crippen LogP contribution in [0.4, 0.5) is 0 Å². The van der Waals surface area contributed by atoms with Crippen molar-refractivity contribution in [3.63, 3.8) is 0 Å². The van der Waals surface area contributed by atoms with E-state index in [1.165, 1.54) is 18.5 Å². The molecule has 3 rings (SSSR count). The van der Waals surface area contributed by atoms with Crippen molar-refractivity contribution < 1.29 is 0 Å². The summed E-state index contributed by atoms with van der Waals surface area (Å²) < 4.78 is 4.04. The zero-order valence-electron chi connectivity index (χ0n) is 11.9. The SMILES string of the molecule is Cn1nccc1CSc1nnc(C2CCCNC2)n1C. The second-order valence-corrected chi connectivity index (χ2v) is 6.12. The quantitative estimate of drug-likeness (QED) is 0.861. The Morgan fingerprint density at radius 1 is 1.40 bits per heavy atom.